The lowest BCUT2D eigenvalue weighted by molar-refractivity contribution is -0.161. The molecule has 164 valence electrons. The Balaban J connectivity index is 1.49. The van der Waals surface area contributed by atoms with Crippen molar-refractivity contribution >= 4 is 34.3 Å². The molecular formula is C26H26ClN3O2. The third kappa shape index (κ3) is 3.06. The minimum atomic E-state index is -0.478. The highest BCUT2D eigenvalue weighted by Gasteiger charge is 2.49. The SMILES string of the molecule is O=C1[C@@H]2Cc3c([nH]c4ccccc34)C(c3cccc(Cl)c3)N2C(=O)CN1C1CCCCC1. The van der Waals surface area contributed by atoms with Gasteiger partial charge in [-0.25, -0.2) is 0 Å². The Morgan fingerprint density at radius 3 is 2.59 bits per heavy atom. The van der Waals surface area contributed by atoms with Crippen LogP contribution < -0.4 is 0 Å². The van der Waals surface area contributed by atoms with Crippen LogP contribution in [0.15, 0.2) is 48.5 Å². The van der Waals surface area contributed by atoms with Gasteiger partial charge in [-0.15, -0.1) is 0 Å². The maximum Gasteiger partial charge on any atom is 0.246 e. The molecule has 3 aromatic rings. The fraction of sp³-hybridized carbons (Fsp3) is 0.385. The van der Waals surface area contributed by atoms with E-state index in [2.05, 4.69) is 17.1 Å². The smallest absolute Gasteiger partial charge is 0.246 e. The molecular weight excluding hydrogens is 422 g/mol. The molecule has 1 aromatic heterocycles. The van der Waals surface area contributed by atoms with Crippen molar-refractivity contribution < 1.29 is 9.59 Å². The molecule has 1 unspecified atom stereocenters. The van der Waals surface area contributed by atoms with E-state index < -0.39 is 6.04 Å². The number of piperazine rings is 1. The molecule has 32 heavy (non-hydrogen) atoms. The van der Waals surface area contributed by atoms with Crippen LogP contribution in [0.3, 0.4) is 0 Å². The van der Waals surface area contributed by atoms with Crippen molar-refractivity contribution in [2.75, 3.05) is 6.54 Å². The Hall–Kier alpha value is -2.79. The number of benzene rings is 2. The largest absolute Gasteiger partial charge is 0.356 e. The van der Waals surface area contributed by atoms with Crippen molar-refractivity contribution in [3.63, 3.8) is 0 Å². The molecule has 1 saturated carbocycles. The van der Waals surface area contributed by atoms with Gasteiger partial charge in [-0.3, -0.25) is 9.59 Å². The van der Waals surface area contributed by atoms with Crippen LogP contribution in [0.25, 0.3) is 10.9 Å². The van der Waals surface area contributed by atoms with Crippen LogP contribution in [0, 0.1) is 0 Å². The molecule has 6 heteroatoms. The average Bonchev–Trinajstić information content (AvgIpc) is 3.19. The van der Waals surface area contributed by atoms with Gasteiger partial charge in [0.25, 0.3) is 0 Å². The van der Waals surface area contributed by atoms with Gasteiger partial charge in [0.15, 0.2) is 0 Å². The van der Waals surface area contributed by atoms with Gasteiger partial charge in [0.2, 0.25) is 11.8 Å². The van der Waals surface area contributed by atoms with E-state index in [1.54, 1.807) is 0 Å². The molecule has 0 radical (unpaired) electrons. The number of hydrogen-bond donors (Lipinski definition) is 1. The van der Waals surface area contributed by atoms with Crippen LogP contribution >= 0.6 is 11.6 Å². The highest BCUT2D eigenvalue weighted by atomic mass is 35.5. The van der Waals surface area contributed by atoms with Gasteiger partial charge in [-0.2, -0.15) is 0 Å². The number of carbonyl (C=O) groups excluding carboxylic acids is 2. The predicted octanol–water partition coefficient (Wildman–Crippen LogP) is 4.84. The normalized spacial score (nSPS) is 24.0. The number of rotatable bonds is 2. The van der Waals surface area contributed by atoms with E-state index >= 15 is 0 Å². The van der Waals surface area contributed by atoms with E-state index in [0.29, 0.717) is 11.4 Å². The van der Waals surface area contributed by atoms with Crippen LogP contribution in [0.1, 0.15) is 55.0 Å². The quantitative estimate of drug-likeness (QED) is 0.611. The Morgan fingerprint density at radius 1 is 0.969 bits per heavy atom. The molecule has 6 rings (SSSR count). The molecule has 5 nitrogen and oxygen atoms in total. The standard InChI is InChI=1S/C26H26ClN3O2/c27-17-8-6-7-16(13-17)25-24-20(19-11-4-5-12-21(19)28-24)14-22-26(32)29(15-23(31)30(22)25)18-9-2-1-3-10-18/h4-8,11-13,18,22,25,28H,1-3,9-10,14-15H2/t22-,25?/m0/s1. The Bertz CT molecular complexity index is 1210. The van der Waals surface area contributed by atoms with Gasteiger partial charge in [-0.05, 0) is 42.2 Å². The lowest BCUT2D eigenvalue weighted by atomic mass is 9.85. The molecule has 2 atom stereocenters. The monoisotopic (exact) mass is 447 g/mol. The van der Waals surface area contributed by atoms with E-state index in [0.717, 1.165) is 53.4 Å². The summed E-state index contributed by atoms with van der Waals surface area (Å²) in [5.41, 5.74) is 4.10. The zero-order valence-electron chi connectivity index (χ0n) is 17.9. The first-order chi connectivity index (χ1) is 15.6. The van der Waals surface area contributed by atoms with Gasteiger partial charge in [0.05, 0.1) is 6.04 Å². The summed E-state index contributed by atoms with van der Waals surface area (Å²) in [5, 5.41) is 1.76. The summed E-state index contributed by atoms with van der Waals surface area (Å²) in [5.74, 6) is 0.119. The van der Waals surface area contributed by atoms with E-state index in [-0.39, 0.29) is 30.4 Å². The molecule has 2 aromatic carbocycles. The molecule has 1 aliphatic carbocycles. The second kappa shape index (κ2) is 7.66. The molecule has 2 fully saturated rings. The molecule has 0 bridgehead atoms. The van der Waals surface area contributed by atoms with Gasteiger partial charge in [-0.1, -0.05) is 61.2 Å². The highest BCUT2D eigenvalue weighted by Crippen LogP contribution is 2.43. The maximum absolute atomic E-state index is 13.8. The second-order valence-corrected chi connectivity index (χ2v) is 9.74. The average molecular weight is 448 g/mol. The van der Waals surface area contributed by atoms with Crippen LogP contribution in [0.4, 0.5) is 0 Å². The lowest BCUT2D eigenvalue weighted by Crippen LogP contribution is -2.65. The summed E-state index contributed by atoms with van der Waals surface area (Å²) < 4.78 is 0. The van der Waals surface area contributed by atoms with Gasteiger partial charge < -0.3 is 14.8 Å². The van der Waals surface area contributed by atoms with Crippen molar-refractivity contribution in [2.24, 2.45) is 0 Å². The number of amides is 2. The first-order valence-electron chi connectivity index (χ1n) is 11.6. The van der Waals surface area contributed by atoms with Crippen molar-refractivity contribution in [1.29, 1.82) is 0 Å². The lowest BCUT2D eigenvalue weighted by Gasteiger charge is -2.49. The number of fused-ring (bicyclic) bond motifs is 4. The molecule has 1 N–H and O–H groups in total. The minimum Gasteiger partial charge on any atom is -0.356 e. The Labute approximate surface area is 192 Å². The molecule has 2 aliphatic heterocycles. The summed E-state index contributed by atoms with van der Waals surface area (Å²) in [7, 11) is 0. The van der Waals surface area contributed by atoms with Gasteiger partial charge >= 0.3 is 0 Å². The van der Waals surface area contributed by atoms with E-state index in [1.165, 1.54) is 6.42 Å². The van der Waals surface area contributed by atoms with Crippen LogP contribution in [-0.4, -0.2) is 45.2 Å². The van der Waals surface area contributed by atoms with Crippen molar-refractivity contribution in [2.45, 2.75) is 56.7 Å². The third-order valence-electron chi connectivity index (χ3n) is 7.47. The Kier molecular flexibility index (Phi) is 4.76. The second-order valence-electron chi connectivity index (χ2n) is 9.30. The fourth-order valence-electron chi connectivity index (χ4n) is 6.01. The number of para-hydroxylation sites is 1. The molecule has 0 spiro atoms. The van der Waals surface area contributed by atoms with Crippen molar-refractivity contribution in [3.05, 3.63) is 70.4 Å². The number of aromatic amines is 1. The summed E-state index contributed by atoms with van der Waals surface area (Å²) in [6.45, 7) is 0.173. The number of halogens is 1. The number of carbonyl (C=O) groups is 2. The molecule has 2 amide bonds. The number of H-pyrrole nitrogens is 1. The predicted molar refractivity (Wildman–Crippen MR) is 125 cm³/mol. The zero-order chi connectivity index (χ0) is 21.8. The fourth-order valence-corrected chi connectivity index (χ4v) is 6.21. The number of aromatic nitrogens is 1. The topological polar surface area (TPSA) is 56.4 Å². The van der Waals surface area contributed by atoms with Crippen LogP contribution in [0.5, 0.6) is 0 Å². The maximum atomic E-state index is 13.8. The highest BCUT2D eigenvalue weighted by molar-refractivity contribution is 6.30. The first-order valence-corrected chi connectivity index (χ1v) is 12.0. The summed E-state index contributed by atoms with van der Waals surface area (Å²) in [6, 6.07) is 15.2. The number of nitrogens with zero attached hydrogens (tertiary/aromatic N) is 2. The molecule has 1 saturated heterocycles. The van der Waals surface area contributed by atoms with Crippen LogP contribution in [0.2, 0.25) is 5.02 Å². The van der Waals surface area contributed by atoms with Gasteiger partial charge in [0, 0.05) is 34.1 Å². The molecule has 3 aliphatic rings. The van der Waals surface area contributed by atoms with E-state index in [9.17, 15) is 9.59 Å². The van der Waals surface area contributed by atoms with Crippen LogP contribution in [-0.2, 0) is 16.0 Å². The third-order valence-corrected chi connectivity index (χ3v) is 7.71. The Morgan fingerprint density at radius 2 is 1.78 bits per heavy atom. The first kappa shape index (κ1) is 19.9. The zero-order valence-corrected chi connectivity index (χ0v) is 18.6. The van der Waals surface area contributed by atoms with Crippen molar-refractivity contribution in [1.82, 2.24) is 14.8 Å². The number of hydrogen-bond acceptors (Lipinski definition) is 2. The van der Waals surface area contributed by atoms with Gasteiger partial charge in [0.1, 0.15) is 12.6 Å². The van der Waals surface area contributed by atoms with E-state index in [4.69, 9.17) is 11.6 Å². The summed E-state index contributed by atoms with van der Waals surface area (Å²) in [6.07, 6.45) is 6.04. The van der Waals surface area contributed by atoms with E-state index in [1.807, 2.05) is 46.2 Å². The summed E-state index contributed by atoms with van der Waals surface area (Å²) >= 11 is 6.35. The minimum absolute atomic E-state index is 0.0226. The summed E-state index contributed by atoms with van der Waals surface area (Å²) in [4.78, 5) is 34.7. The molecule has 3 heterocycles. The van der Waals surface area contributed by atoms with Crippen molar-refractivity contribution in [3.8, 4) is 0 Å². The number of nitrogens with one attached hydrogen (secondary N) is 1.